The molecule has 0 unspecified atom stereocenters. The Morgan fingerprint density at radius 3 is 2.41 bits per heavy atom. The Morgan fingerprint density at radius 2 is 1.85 bits per heavy atom. The molecule has 1 aliphatic rings. The molecule has 1 aliphatic heterocycles. The summed E-state index contributed by atoms with van der Waals surface area (Å²) in [6, 6.07) is 4.12. The molecule has 1 atom stereocenters. The fourth-order valence-electron chi connectivity index (χ4n) is 4.81. The third-order valence-corrected chi connectivity index (χ3v) is 7.10. The number of hydrazone groups is 1. The van der Waals surface area contributed by atoms with E-state index in [1.807, 2.05) is 53.7 Å². The van der Waals surface area contributed by atoms with Gasteiger partial charge in [0.15, 0.2) is 5.69 Å². The minimum Gasteiger partial charge on any atom is -0.507 e. The van der Waals surface area contributed by atoms with Gasteiger partial charge in [-0.1, -0.05) is 53.2 Å². The quantitative estimate of drug-likeness (QED) is 0.315. The highest BCUT2D eigenvalue weighted by Gasteiger charge is 2.29. The Hall–Kier alpha value is -3.80. The van der Waals surface area contributed by atoms with E-state index >= 15 is 0 Å². The van der Waals surface area contributed by atoms with E-state index in [0.29, 0.717) is 18.3 Å². The number of phenols is 1. The fourth-order valence-corrected chi connectivity index (χ4v) is 4.81. The second-order valence-electron chi connectivity index (χ2n) is 12.2. The van der Waals surface area contributed by atoms with E-state index in [0.717, 1.165) is 36.1 Å². The number of aromatic nitrogens is 5. The van der Waals surface area contributed by atoms with Crippen LogP contribution in [0, 0.1) is 0 Å². The maximum atomic E-state index is 13.3. The number of likely N-dealkylation sites (tertiary alicyclic amines) is 1. The molecule has 1 saturated heterocycles. The van der Waals surface area contributed by atoms with Crippen molar-refractivity contribution in [3.63, 3.8) is 0 Å². The van der Waals surface area contributed by atoms with E-state index < -0.39 is 5.91 Å². The van der Waals surface area contributed by atoms with Crippen LogP contribution < -0.4 is 11.2 Å². The monoisotopic (exact) mass is 537 g/mol. The summed E-state index contributed by atoms with van der Waals surface area (Å²) in [4.78, 5) is 15.5. The predicted molar refractivity (Wildman–Crippen MR) is 148 cm³/mol. The second kappa shape index (κ2) is 10.8. The maximum absolute atomic E-state index is 13.3. The lowest BCUT2D eigenvalue weighted by atomic mass is 9.78. The van der Waals surface area contributed by atoms with Gasteiger partial charge in [0.1, 0.15) is 5.75 Å². The van der Waals surface area contributed by atoms with Crippen LogP contribution in [0.2, 0.25) is 0 Å². The summed E-state index contributed by atoms with van der Waals surface area (Å²) in [5.41, 5.74) is 10.9. The standard InChI is InChI=1S/C27H39N9O3/c1-16-10-8-9-11-35(16)15-20-21(30-34-36(20)24-23(28)32-39-33-24)25(38)31-29-14-17-12-18(26(2,3)4)22(37)19(13-17)27(5,6)7/h12-14,16,37H,8-11,15H2,1-7H3,(H2,28,32)(H,31,38)/b29-14+/t16-/m0/s1. The minimum atomic E-state index is -0.516. The Balaban J connectivity index is 1.63. The van der Waals surface area contributed by atoms with Crippen LogP contribution in [-0.4, -0.2) is 60.0 Å². The molecule has 0 radical (unpaired) electrons. The summed E-state index contributed by atoms with van der Waals surface area (Å²) >= 11 is 0. The number of nitrogen functional groups attached to an aromatic ring is 1. The number of rotatable bonds is 6. The van der Waals surface area contributed by atoms with Crippen LogP contribution in [0.3, 0.4) is 0 Å². The van der Waals surface area contributed by atoms with Gasteiger partial charge in [-0.2, -0.15) is 9.78 Å². The van der Waals surface area contributed by atoms with Gasteiger partial charge in [-0.25, -0.2) is 10.1 Å². The Labute approximate surface area is 228 Å². The van der Waals surface area contributed by atoms with Crippen molar-refractivity contribution < 1.29 is 14.5 Å². The molecule has 0 aliphatic carbocycles. The predicted octanol–water partition coefficient (Wildman–Crippen LogP) is 3.67. The molecule has 0 bridgehead atoms. The molecule has 4 rings (SSSR count). The van der Waals surface area contributed by atoms with E-state index in [2.05, 4.69) is 43.0 Å². The van der Waals surface area contributed by atoms with E-state index in [9.17, 15) is 9.90 Å². The molecule has 12 heteroatoms. The molecule has 4 N–H and O–H groups in total. The van der Waals surface area contributed by atoms with E-state index in [1.54, 1.807) is 6.21 Å². The van der Waals surface area contributed by atoms with Crippen molar-refractivity contribution in [1.29, 1.82) is 0 Å². The van der Waals surface area contributed by atoms with Crippen molar-refractivity contribution in [3.05, 3.63) is 40.2 Å². The first-order valence-corrected chi connectivity index (χ1v) is 13.3. The Morgan fingerprint density at radius 1 is 1.18 bits per heavy atom. The number of phenolic OH excluding ortho intramolecular Hbond substituents is 1. The van der Waals surface area contributed by atoms with Crippen LogP contribution >= 0.6 is 0 Å². The summed E-state index contributed by atoms with van der Waals surface area (Å²) < 4.78 is 6.16. The number of carbonyl (C=O) groups is 1. The molecule has 2 aromatic heterocycles. The number of carbonyl (C=O) groups excluding carboxylic acids is 1. The zero-order chi connectivity index (χ0) is 28.5. The largest absolute Gasteiger partial charge is 0.507 e. The number of nitrogens with zero attached hydrogens (tertiary/aromatic N) is 7. The number of hydrogen-bond donors (Lipinski definition) is 3. The lowest BCUT2D eigenvalue weighted by molar-refractivity contribution is 0.0945. The van der Waals surface area contributed by atoms with Crippen LogP contribution in [0.4, 0.5) is 5.82 Å². The van der Waals surface area contributed by atoms with Crippen LogP contribution in [0.25, 0.3) is 5.82 Å². The first-order chi connectivity index (χ1) is 18.3. The number of nitrogens with two attached hydrogens (primary N) is 1. The fraction of sp³-hybridized carbons (Fsp3) is 0.556. The lowest BCUT2D eigenvalue weighted by Gasteiger charge is -2.33. The molecule has 12 nitrogen and oxygen atoms in total. The highest BCUT2D eigenvalue weighted by atomic mass is 16.6. The van der Waals surface area contributed by atoms with Crippen LogP contribution in [0.15, 0.2) is 21.9 Å². The molecule has 1 aromatic carbocycles. The van der Waals surface area contributed by atoms with Gasteiger partial charge in [-0.05, 0) is 65.1 Å². The molecule has 0 spiro atoms. The summed E-state index contributed by atoms with van der Waals surface area (Å²) in [6.07, 6.45) is 4.88. The first kappa shape index (κ1) is 28.2. The van der Waals surface area contributed by atoms with Gasteiger partial charge in [-0.15, -0.1) is 5.10 Å². The van der Waals surface area contributed by atoms with Crippen molar-refractivity contribution in [2.75, 3.05) is 12.3 Å². The number of hydrogen-bond acceptors (Lipinski definition) is 10. The molecule has 1 amide bonds. The third kappa shape index (κ3) is 6.11. The molecule has 3 aromatic rings. The van der Waals surface area contributed by atoms with Crippen molar-refractivity contribution in [2.24, 2.45) is 5.10 Å². The van der Waals surface area contributed by atoms with Crippen molar-refractivity contribution in [1.82, 2.24) is 35.6 Å². The number of aromatic hydroxyl groups is 1. The molecule has 3 heterocycles. The lowest BCUT2D eigenvalue weighted by Crippen LogP contribution is -2.38. The second-order valence-corrected chi connectivity index (χ2v) is 12.2. The number of amides is 1. The zero-order valence-corrected chi connectivity index (χ0v) is 23.8. The van der Waals surface area contributed by atoms with Crippen LogP contribution in [0.1, 0.15) is 101 Å². The van der Waals surface area contributed by atoms with Crippen molar-refractivity contribution >= 4 is 17.9 Å². The average Bonchev–Trinajstić information content (AvgIpc) is 3.45. The number of nitrogens with one attached hydrogen (secondary N) is 1. The van der Waals surface area contributed by atoms with Crippen molar-refractivity contribution in [3.8, 4) is 11.6 Å². The van der Waals surface area contributed by atoms with E-state index in [4.69, 9.17) is 10.4 Å². The minimum absolute atomic E-state index is 0.0504. The van der Waals surface area contributed by atoms with Gasteiger partial charge >= 0.3 is 0 Å². The highest BCUT2D eigenvalue weighted by Crippen LogP contribution is 2.39. The number of benzene rings is 1. The van der Waals surface area contributed by atoms with Crippen molar-refractivity contribution in [2.45, 2.75) is 91.1 Å². The number of piperidine rings is 1. The molecule has 39 heavy (non-hydrogen) atoms. The summed E-state index contributed by atoms with van der Waals surface area (Å²) in [5.74, 6) is -0.00302. The molecule has 1 fully saturated rings. The van der Waals surface area contributed by atoms with Gasteiger partial charge in [-0.3, -0.25) is 9.69 Å². The molecule has 0 saturated carbocycles. The first-order valence-electron chi connectivity index (χ1n) is 13.3. The van der Waals surface area contributed by atoms with Gasteiger partial charge in [0.25, 0.3) is 5.91 Å². The number of anilines is 1. The molecular weight excluding hydrogens is 498 g/mol. The summed E-state index contributed by atoms with van der Waals surface area (Å²) in [5, 5.41) is 30.9. The summed E-state index contributed by atoms with van der Waals surface area (Å²) in [7, 11) is 0. The average molecular weight is 538 g/mol. The summed E-state index contributed by atoms with van der Waals surface area (Å²) in [6.45, 7) is 15.7. The van der Waals surface area contributed by atoms with Gasteiger partial charge in [0.05, 0.1) is 11.9 Å². The Bertz CT molecular complexity index is 1330. The smallest absolute Gasteiger partial charge is 0.293 e. The van der Waals surface area contributed by atoms with E-state index in [1.165, 1.54) is 11.1 Å². The van der Waals surface area contributed by atoms with Gasteiger partial charge in [0.2, 0.25) is 11.6 Å². The van der Waals surface area contributed by atoms with E-state index in [-0.39, 0.29) is 33.9 Å². The highest BCUT2D eigenvalue weighted by molar-refractivity contribution is 5.94. The normalized spacial score (nSPS) is 17.2. The zero-order valence-electron chi connectivity index (χ0n) is 23.8. The third-order valence-electron chi connectivity index (χ3n) is 7.10. The van der Waals surface area contributed by atoms with Gasteiger partial charge in [0, 0.05) is 23.7 Å². The molecule has 210 valence electrons. The maximum Gasteiger partial charge on any atom is 0.293 e. The SMILES string of the molecule is C[C@H]1CCCCN1Cc1c(C(=O)N/N=C/c2cc(C(C)(C)C)c(O)c(C(C)(C)C)c2)nnn1-c1nonc1N. The topological polar surface area (TPSA) is 161 Å². The van der Waals surface area contributed by atoms with Crippen LogP contribution in [0.5, 0.6) is 5.75 Å². The molecular formula is C27H39N9O3. The van der Waals surface area contributed by atoms with Crippen LogP contribution in [-0.2, 0) is 17.4 Å². The van der Waals surface area contributed by atoms with Gasteiger partial charge < -0.3 is 10.8 Å². The Kier molecular flexibility index (Phi) is 7.78.